The van der Waals surface area contributed by atoms with Gasteiger partial charge in [-0.05, 0) is 64.2 Å². The van der Waals surface area contributed by atoms with Crippen LogP contribution in [0.5, 0.6) is 0 Å². The first kappa shape index (κ1) is 65.5. The molecule has 1 rings (SSSR count). The summed E-state index contributed by atoms with van der Waals surface area (Å²) in [6.07, 6.45) is 22.8. The van der Waals surface area contributed by atoms with Crippen LogP contribution >= 0.6 is 15.6 Å². The number of ether oxygens (including phenoxy) is 2. The van der Waals surface area contributed by atoms with Crippen molar-refractivity contribution in [3.8, 4) is 0 Å². The monoisotopic (exact) mass is 977 g/mol. The minimum atomic E-state index is -5.36. The third kappa shape index (κ3) is 34.4. The predicted molar refractivity (Wildman–Crippen MR) is 251 cm³/mol. The van der Waals surface area contributed by atoms with Gasteiger partial charge < -0.3 is 56.9 Å². The summed E-state index contributed by atoms with van der Waals surface area (Å²) in [5, 5.41) is 41.2. The maximum absolute atomic E-state index is 13.0. The van der Waals surface area contributed by atoms with Gasteiger partial charge in [0.05, 0.1) is 6.61 Å². The molecule has 0 aliphatic heterocycles. The molecule has 0 aromatic rings. The number of rotatable bonds is 40. The molecule has 1 saturated carbocycles. The highest BCUT2D eigenvalue weighted by Gasteiger charge is 2.54. The molecule has 20 heteroatoms. The molecule has 1 aliphatic rings. The summed E-state index contributed by atoms with van der Waals surface area (Å²) in [7, 11) is -10.7. The minimum Gasteiger partial charge on any atom is -0.462 e. The van der Waals surface area contributed by atoms with Crippen molar-refractivity contribution in [1.82, 2.24) is 12.3 Å². The van der Waals surface area contributed by atoms with E-state index in [0.717, 1.165) is 77.0 Å². The van der Waals surface area contributed by atoms with Crippen LogP contribution in [0.15, 0.2) is 24.3 Å². The lowest BCUT2D eigenvalue weighted by atomic mass is 9.85. The lowest BCUT2D eigenvalue weighted by molar-refractivity contribution is -0.216. The van der Waals surface area contributed by atoms with Crippen LogP contribution < -0.4 is 12.3 Å². The van der Waals surface area contributed by atoms with Crippen LogP contribution in [-0.4, -0.2) is 103 Å². The summed E-state index contributed by atoms with van der Waals surface area (Å²) in [6.45, 7) is 3.09. The van der Waals surface area contributed by atoms with Crippen LogP contribution in [0.1, 0.15) is 194 Å². The molecule has 0 radical (unpaired) electrons. The number of carbonyl (C=O) groups excluding carboxylic acids is 2. The van der Waals surface area contributed by atoms with Crippen molar-refractivity contribution in [3.63, 3.8) is 0 Å². The van der Waals surface area contributed by atoms with Gasteiger partial charge in [-0.1, -0.05) is 141 Å². The van der Waals surface area contributed by atoms with Crippen molar-refractivity contribution in [3.05, 3.63) is 24.3 Å². The number of esters is 2. The molecule has 0 heterocycles. The lowest BCUT2D eigenvalue weighted by Crippen LogP contribution is -2.64. The number of hydrogen-bond donors (Lipinski definition) is 9. The molecule has 0 spiro atoms. The van der Waals surface area contributed by atoms with E-state index in [-0.39, 0.29) is 25.1 Å². The molecule has 0 saturated heterocycles. The number of allylic oxidation sites excluding steroid dienone is 4. The van der Waals surface area contributed by atoms with Gasteiger partial charge in [0.15, 0.2) is 6.10 Å². The Morgan fingerprint density at radius 1 is 0.492 bits per heavy atom. The first-order chi connectivity index (χ1) is 30.1. The molecule has 13 N–H and O–H groups in total. The Hall–Kier alpha value is -1.60. The zero-order valence-corrected chi connectivity index (χ0v) is 41.5. The Morgan fingerprint density at radius 2 is 0.862 bits per heavy atom. The standard InChI is InChI=1S/C45H84O16P2.2H3N/c1-3-5-7-9-11-13-15-17-19-21-23-25-27-29-31-33-38(46)57-35-37(59-39(47)34-32-30-28-26-24-22-20-18-16-14-12-10-8-6-4-2)36-58-63(55,56)61-45-42(50)40(48)41(49)44(43(45)51)60-62(52,53)54;;/h17-20,37,40-45,48-51H,3-16,21-36H2,1-2H3,(H,55,56)(H2,52,53,54);2*1H3/b19-17-,20-18-;;/t37-,40+,41+,42-,43-,44-,45+;;/m1../s1. The van der Waals surface area contributed by atoms with Crippen LogP contribution in [0, 0.1) is 0 Å². The molecule has 0 amide bonds. The number of aliphatic hydroxyl groups excluding tert-OH is 4. The van der Waals surface area contributed by atoms with Crippen LogP contribution in [0.2, 0.25) is 0 Å². The number of aliphatic hydroxyl groups is 4. The van der Waals surface area contributed by atoms with E-state index in [9.17, 15) is 44.0 Å². The molecule has 65 heavy (non-hydrogen) atoms. The van der Waals surface area contributed by atoms with Gasteiger partial charge in [0.1, 0.15) is 43.2 Å². The normalized spacial score (nSPS) is 21.4. The van der Waals surface area contributed by atoms with E-state index in [1.807, 2.05) is 0 Å². The van der Waals surface area contributed by atoms with Crippen molar-refractivity contribution in [1.29, 1.82) is 0 Å². The van der Waals surface area contributed by atoms with Gasteiger partial charge in [0.2, 0.25) is 0 Å². The van der Waals surface area contributed by atoms with Crippen LogP contribution in [0.4, 0.5) is 0 Å². The molecule has 18 nitrogen and oxygen atoms in total. The topological polar surface area (TPSA) is 326 Å². The van der Waals surface area contributed by atoms with Crippen molar-refractivity contribution in [2.24, 2.45) is 0 Å². The van der Waals surface area contributed by atoms with Crippen LogP contribution in [-0.2, 0) is 41.8 Å². The average Bonchev–Trinajstić information content (AvgIpc) is 3.23. The summed E-state index contributed by atoms with van der Waals surface area (Å²) in [4.78, 5) is 54.2. The van der Waals surface area contributed by atoms with E-state index in [0.29, 0.717) is 12.8 Å². The van der Waals surface area contributed by atoms with Gasteiger partial charge in [-0.15, -0.1) is 0 Å². The number of unbranched alkanes of at least 4 members (excludes halogenated alkanes) is 22. The van der Waals surface area contributed by atoms with E-state index in [1.165, 1.54) is 77.0 Å². The fourth-order valence-electron chi connectivity index (χ4n) is 7.25. The van der Waals surface area contributed by atoms with Gasteiger partial charge in [-0.2, -0.15) is 0 Å². The van der Waals surface area contributed by atoms with Crippen molar-refractivity contribution in [2.45, 2.75) is 236 Å². The van der Waals surface area contributed by atoms with Crippen molar-refractivity contribution < 1.29 is 76.9 Å². The summed E-state index contributed by atoms with van der Waals surface area (Å²) in [5.74, 6) is -1.22. The second kappa shape index (κ2) is 40.3. The maximum Gasteiger partial charge on any atom is 0.472 e. The molecule has 1 fully saturated rings. The van der Waals surface area contributed by atoms with Crippen LogP contribution in [0.3, 0.4) is 0 Å². The largest absolute Gasteiger partial charge is 0.472 e. The second-order valence-corrected chi connectivity index (χ2v) is 19.4. The molecule has 0 aromatic heterocycles. The van der Waals surface area contributed by atoms with E-state index in [4.69, 9.17) is 28.3 Å². The van der Waals surface area contributed by atoms with E-state index >= 15 is 0 Å². The Labute approximate surface area is 389 Å². The van der Waals surface area contributed by atoms with Crippen molar-refractivity contribution >= 4 is 27.6 Å². The summed E-state index contributed by atoms with van der Waals surface area (Å²) < 4.78 is 49.4. The van der Waals surface area contributed by atoms with Crippen molar-refractivity contribution in [2.75, 3.05) is 13.2 Å². The first-order valence-corrected chi connectivity index (χ1v) is 26.9. The molecule has 0 bridgehead atoms. The molecule has 0 aromatic carbocycles. The molecule has 386 valence electrons. The quantitative estimate of drug-likeness (QED) is 0.0119. The highest BCUT2D eigenvalue weighted by Crippen LogP contribution is 2.49. The summed E-state index contributed by atoms with van der Waals surface area (Å²) in [5.41, 5.74) is 0. The fourth-order valence-corrected chi connectivity index (χ4v) is 8.79. The van der Waals surface area contributed by atoms with Gasteiger partial charge in [0, 0.05) is 12.8 Å². The molecule has 1 unspecified atom stereocenters. The molecular weight excluding hydrogens is 886 g/mol. The Morgan fingerprint density at radius 3 is 1.28 bits per heavy atom. The molecule has 1 aliphatic carbocycles. The third-order valence-corrected chi connectivity index (χ3v) is 12.5. The zero-order valence-electron chi connectivity index (χ0n) is 39.7. The van der Waals surface area contributed by atoms with Gasteiger partial charge in [-0.3, -0.25) is 23.2 Å². The number of phosphoric acid groups is 2. The average molecular weight is 977 g/mol. The van der Waals surface area contributed by atoms with E-state index in [1.54, 1.807) is 0 Å². The van der Waals surface area contributed by atoms with Crippen LogP contribution in [0.25, 0.3) is 0 Å². The molecular formula is C45H90N2O16P2. The lowest BCUT2D eigenvalue weighted by Gasteiger charge is -2.43. The Kier molecular flexibility index (Phi) is 40.6. The third-order valence-electron chi connectivity index (χ3n) is 11.0. The first-order valence-electron chi connectivity index (χ1n) is 23.9. The number of carbonyl (C=O) groups is 2. The Balaban J connectivity index is 0. The number of phosphoric ester groups is 2. The number of hydrogen-bond acceptors (Lipinski definition) is 15. The van der Waals surface area contributed by atoms with Gasteiger partial charge >= 0.3 is 27.6 Å². The predicted octanol–water partition coefficient (Wildman–Crippen LogP) is 9.28. The van der Waals surface area contributed by atoms with E-state index < -0.39 is 83.5 Å². The highest BCUT2D eigenvalue weighted by molar-refractivity contribution is 7.47. The maximum atomic E-state index is 13.0. The fraction of sp³-hybridized carbons (Fsp3) is 0.867. The van der Waals surface area contributed by atoms with Gasteiger partial charge in [0.25, 0.3) is 0 Å². The Bertz CT molecular complexity index is 1340. The minimum absolute atomic E-state index is 0. The zero-order chi connectivity index (χ0) is 46.8. The SMILES string of the molecule is CCCCCCCC/C=C\CCCCCCCC(=O)OC[C@H](COP(=O)(O)O[C@@H]1[C@H](O)[C@H](OP(=O)(O)O)[C@@H](O)[C@H](O)[C@H]1O)OC(=O)CCCCCCC/C=C\CCCCCCCC.N.N. The van der Waals surface area contributed by atoms with Gasteiger partial charge in [-0.25, -0.2) is 9.13 Å². The summed E-state index contributed by atoms with van der Waals surface area (Å²) >= 11 is 0. The highest BCUT2D eigenvalue weighted by atomic mass is 31.2. The molecule has 8 atom stereocenters. The van der Waals surface area contributed by atoms with E-state index in [2.05, 4.69) is 42.7 Å². The summed E-state index contributed by atoms with van der Waals surface area (Å²) in [6, 6.07) is 0. The second-order valence-electron chi connectivity index (χ2n) is 16.8. The smallest absolute Gasteiger partial charge is 0.462 e.